The molecule has 0 bridgehead atoms. The number of phenolic OH excluding ortho intramolecular Hbond substituents is 1. The minimum absolute atomic E-state index is 0.182. The first-order valence-electron chi connectivity index (χ1n) is 14.0. The minimum Gasteiger partial charge on any atom is -0.507 e. The second-order valence-electron chi connectivity index (χ2n) is 9.41. The summed E-state index contributed by atoms with van der Waals surface area (Å²) < 4.78 is 11.6. The molecule has 2 aromatic carbocycles. The molecule has 0 atom stereocenters. The second-order valence-corrected chi connectivity index (χ2v) is 9.41. The van der Waals surface area contributed by atoms with Crippen LogP contribution in [0.2, 0.25) is 0 Å². The molecule has 4 nitrogen and oxygen atoms in total. The Morgan fingerprint density at radius 3 is 1.66 bits per heavy atom. The predicted molar refractivity (Wildman–Crippen MR) is 149 cm³/mol. The summed E-state index contributed by atoms with van der Waals surface area (Å²) in [6, 6.07) is 13.2. The van der Waals surface area contributed by atoms with Gasteiger partial charge in [-0.2, -0.15) is 0 Å². The molecule has 0 spiro atoms. The average Bonchev–Trinajstić information content (AvgIpc) is 2.87. The largest absolute Gasteiger partial charge is 0.507 e. The summed E-state index contributed by atoms with van der Waals surface area (Å²) in [6.45, 7) is 5.94. The van der Waals surface area contributed by atoms with E-state index in [0.29, 0.717) is 17.9 Å². The van der Waals surface area contributed by atoms with E-state index < -0.39 is 0 Å². The lowest BCUT2D eigenvalue weighted by molar-refractivity contribution is 0.302. The van der Waals surface area contributed by atoms with Crippen LogP contribution in [0.5, 0.6) is 17.2 Å². The predicted octanol–water partition coefficient (Wildman–Crippen LogP) is 9.40. The van der Waals surface area contributed by atoms with Crippen molar-refractivity contribution in [1.29, 1.82) is 0 Å². The first kappa shape index (κ1) is 28.7. The number of ether oxygens (including phenoxy) is 2. The van der Waals surface area contributed by atoms with Crippen molar-refractivity contribution in [1.82, 2.24) is 0 Å². The SMILES string of the molecule is CCCCCCCCCCOc1ccc(C=Nc2ccc(OCCCCCCCC)cc2)c(O)c1. The quantitative estimate of drug-likeness (QED) is 0.151. The number of unbranched alkanes of at least 4 members (excludes halogenated alkanes) is 12. The van der Waals surface area contributed by atoms with Crippen molar-refractivity contribution in [3.63, 3.8) is 0 Å². The number of phenols is 1. The Morgan fingerprint density at radius 1 is 0.629 bits per heavy atom. The van der Waals surface area contributed by atoms with Gasteiger partial charge in [0.15, 0.2) is 0 Å². The molecule has 0 aliphatic carbocycles. The maximum Gasteiger partial charge on any atom is 0.128 e. The third kappa shape index (κ3) is 13.2. The van der Waals surface area contributed by atoms with Crippen molar-refractivity contribution in [3.05, 3.63) is 48.0 Å². The normalized spacial score (nSPS) is 11.3. The maximum atomic E-state index is 10.4. The zero-order valence-corrected chi connectivity index (χ0v) is 22.1. The van der Waals surface area contributed by atoms with Crippen molar-refractivity contribution in [3.8, 4) is 17.2 Å². The lowest BCUT2D eigenvalue weighted by Gasteiger charge is -2.08. The highest BCUT2D eigenvalue weighted by Crippen LogP contribution is 2.24. The molecule has 194 valence electrons. The Morgan fingerprint density at radius 2 is 1.11 bits per heavy atom. The highest BCUT2D eigenvalue weighted by molar-refractivity contribution is 5.85. The summed E-state index contributed by atoms with van der Waals surface area (Å²) in [7, 11) is 0. The van der Waals surface area contributed by atoms with E-state index in [2.05, 4.69) is 18.8 Å². The van der Waals surface area contributed by atoms with Crippen molar-refractivity contribution in [2.75, 3.05) is 13.2 Å². The van der Waals surface area contributed by atoms with Crippen LogP contribution in [-0.4, -0.2) is 24.5 Å². The molecule has 0 amide bonds. The van der Waals surface area contributed by atoms with Crippen molar-refractivity contribution < 1.29 is 14.6 Å². The summed E-state index contributed by atoms with van der Waals surface area (Å²) in [4.78, 5) is 4.49. The Bertz CT molecular complexity index is 816. The van der Waals surface area contributed by atoms with Crippen molar-refractivity contribution in [2.24, 2.45) is 4.99 Å². The van der Waals surface area contributed by atoms with Gasteiger partial charge in [-0.3, -0.25) is 4.99 Å². The average molecular weight is 482 g/mol. The Balaban J connectivity index is 1.66. The number of hydrogen-bond donors (Lipinski definition) is 1. The summed E-state index contributed by atoms with van der Waals surface area (Å²) in [6.07, 6.45) is 19.5. The van der Waals surface area contributed by atoms with E-state index in [1.54, 1.807) is 12.3 Å². The maximum absolute atomic E-state index is 10.4. The molecule has 0 saturated heterocycles. The number of benzene rings is 2. The van der Waals surface area contributed by atoms with E-state index in [1.807, 2.05) is 36.4 Å². The van der Waals surface area contributed by atoms with Gasteiger partial charge in [0.2, 0.25) is 0 Å². The molecule has 0 fully saturated rings. The van der Waals surface area contributed by atoms with E-state index in [-0.39, 0.29) is 5.75 Å². The highest BCUT2D eigenvalue weighted by atomic mass is 16.5. The van der Waals surface area contributed by atoms with Crippen LogP contribution >= 0.6 is 0 Å². The van der Waals surface area contributed by atoms with E-state index in [4.69, 9.17) is 9.47 Å². The fraction of sp³-hybridized carbons (Fsp3) is 0.581. The molecule has 0 aliphatic rings. The number of hydrogen-bond acceptors (Lipinski definition) is 4. The molecular formula is C31H47NO3. The molecule has 2 rings (SSSR count). The third-order valence-electron chi connectivity index (χ3n) is 6.22. The molecule has 1 N–H and O–H groups in total. The Hall–Kier alpha value is -2.49. The fourth-order valence-electron chi connectivity index (χ4n) is 3.99. The van der Waals surface area contributed by atoms with Crippen LogP contribution in [0.1, 0.15) is 109 Å². The molecule has 0 radical (unpaired) electrons. The van der Waals surface area contributed by atoms with Gasteiger partial charge in [-0.05, 0) is 49.2 Å². The first-order valence-corrected chi connectivity index (χ1v) is 14.0. The van der Waals surface area contributed by atoms with Gasteiger partial charge in [0.25, 0.3) is 0 Å². The summed E-state index contributed by atoms with van der Waals surface area (Å²) in [5.74, 6) is 1.76. The van der Waals surface area contributed by atoms with Gasteiger partial charge in [0.05, 0.1) is 18.9 Å². The standard InChI is InChI=1S/C31H47NO3/c1-3-5-7-9-11-12-14-16-24-35-30-20-17-27(31(33)25-30)26-32-28-18-21-29(22-19-28)34-23-15-13-10-8-6-4-2/h17-22,25-26,33H,3-16,23-24H2,1-2H3. The van der Waals surface area contributed by atoms with Gasteiger partial charge in [0.1, 0.15) is 17.2 Å². The van der Waals surface area contributed by atoms with Crippen LogP contribution in [0.4, 0.5) is 5.69 Å². The van der Waals surface area contributed by atoms with E-state index in [1.165, 1.54) is 77.0 Å². The summed E-state index contributed by atoms with van der Waals surface area (Å²) in [5.41, 5.74) is 1.50. The second kappa shape index (κ2) is 18.8. The number of nitrogens with zero attached hydrogens (tertiary/aromatic N) is 1. The molecule has 0 aromatic heterocycles. The van der Waals surface area contributed by atoms with Gasteiger partial charge in [0, 0.05) is 17.8 Å². The first-order chi connectivity index (χ1) is 17.2. The fourth-order valence-corrected chi connectivity index (χ4v) is 3.99. The van der Waals surface area contributed by atoms with Crippen LogP contribution in [-0.2, 0) is 0 Å². The molecule has 2 aromatic rings. The van der Waals surface area contributed by atoms with Crippen LogP contribution < -0.4 is 9.47 Å². The monoisotopic (exact) mass is 481 g/mol. The summed E-state index contributed by atoms with van der Waals surface area (Å²) >= 11 is 0. The van der Waals surface area contributed by atoms with E-state index in [9.17, 15) is 5.11 Å². The number of rotatable bonds is 20. The van der Waals surface area contributed by atoms with Gasteiger partial charge < -0.3 is 14.6 Å². The lowest BCUT2D eigenvalue weighted by atomic mass is 10.1. The Kier molecular flexibility index (Phi) is 15.4. The lowest BCUT2D eigenvalue weighted by Crippen LogP contribution is -1.97. The summed E-state index contributed by atoms with van der Waals surface area (Å²) in [5, 5.41) is 10.4. The van der Waals surface area contributed by atoms with E-state index in [0.717, 1.165) is 30.9 Å². The van der Waals surface area contributed by atoms with Crippen molar-refractivity contribution in [2.45, 2.75) is 104 Å². The van der Waals surface area contributed by atoms with Gasteiger partial charge in [-0.15, -0.1) is 0 Å². The van der Waals surface area contributed by atoms with Gasteiger partial charge >= 0.3 is 0 Å². The van der Waals surface area contributed by atoms with Crippen LogP contribution in [0.15, 0.2) is 47.5 Å². The number of aromatic hydroxyl groups is 1. The van der Waals surface area contributed by atoms with Gasteiger partial charge in [-0.1, -0.05) is 90.9 Å². The molecule has 0 saturated carbocycles. The zero-order chi connectivity index (χ0) is 25.0. The van der Waals surface area contributed by atoms with Crippen LogP contribution in [0.25, 0.3) is 0 Å². The minimum atomic E-state index is 0.182. The van der Waals surface area contributed by atoms with Crippen LogP contribution in [0.3, 0.4) is 0 Å². The molecule has 0 aliphatic heterocycles. The van der Waals surface area contributed by atoms with Crippen molar-refractivity contribution >= 4 is 11.9 Å². The van der Waals surface area contributed by atoms with Crippen LogP contribution in [0, 0.1) is 0 Å². The molecule has 0 unspecified atom stereocenters. The number of aliphatic imine (C=N–C) groups is 1. The smallest absolute Gasteiger partial charge is 0.128 e. The molecule has 4 heteroatoms. The topological polar surface area (TPSA) is 51.0 Å². The van der Waals surface area contributed by atoms with E-state index >= 15 is 0 Å². The molecule has 35 heavy (non-hydrogen) atoms. The Labute approximate surface area is 213 Å². The molecule has 0 heterocycles. The molecular weight excluding hydrogens is 434 g/mol. The highest BCUT2D eigenvalue weighted by Gasteiger charge is 2.03. The third-order valence-corrected chi connectivity index (χ3v) is 6.22. The zero-order valence-electron chi connectivity index (χ0n) is 22.1. The van der Waals surface area contributed by atoms with Gasteiger partial charge in [-0.25, -0.2) is 0 Å².